The molecular weight excluding hydrogens is 382 g/mol. The van der Waals surface area contributed by atoms with E-state index in [0.717, 1.165) is 45.0 Å². The molecule has 1 saturated heterocycles. The van der Waals surface area contributed by atoms with Crippen LogP contribution in [0.25, 0.3) is 10.2 Å². The Bertz CT molecular complexity index is 898. The van der Waals surface area contributed by atoms with Gasteiger partial charge in [-0.15, -0.1) is 11.3 Å². The number of hydrogen-bond donors (Lipinski definition) is 1. The first-order chi connectivity index (χ1) is 14.2. The van der Waals surface area contributed by atoms with Crippen LogP contribution in [0, 0.1) is 0 Å². The van der Waals surface area contributed by atoms with Crippen molar-refractivity contribution in [3.05, 3.63) is 16.3 Å². The third kappa shape index (κ3) is 3.99. The normalized spacial score (nSPS) is 20.1. The Hall–Kier alpha value is -1.73. The van der Waals surface area contributed by atoms with Gasteiger partial charge in [-0.3, -0.25) is 9.69 Å². The van der Waals surface area contributed by atoms with Crippen molar-refractivity contribution in [1.29, 1.82) is 0 Å². The van der Waals surface area contributed by atoms with Crippen LogP contribution >= 0.6 is 11.3 Å². The maximum absolute atomic E-state index is 12.1. The van der Waals surface area contributed by atoms with Crippen molar-refractivity contribution in [3.63, 3.8) is 0 Å². The fraction of sp³-hybridized carbons (Fsp3) is 0.682. The van der Waals surface area contributed by atoms with E-state index in [0.29, 0.717) is 12.5 Å². The maximum atomic E-state index is 12.1. The molecule has 0 unspecified atom stereocenters. The minimum atomic E-state index is 0.146. The van der Waals surface area contributed by atoms with Gasteiger partial charge < -0.3 is 10.2 Å². The van der Waals surface area contributed by atoms with Gasteiger partial charge >= 0.3 is 0 Å². The zero-order valence-electron chi connectivity index (χ0n) is 17.4. The molecule has 0 spiro atoms. The zero-order valence-corrected chi connectivity index (χ0v) is 18.2. The Morgan fingerprint density at radius 1 is 1.14 bits per heavy atom. The van der Waals surface area contributed by atoms with Gasteiger partial charge in [0, 0.05) is 43.5 Å². The SMILES string of the molecule is CCCNC(=O)CN1CCN(c2nc(C3CC3)nc3sc4c(c23)CCCC4)CC1. The highest BCUT2D eigenvalue weighted by molar-refractivity contribution is 7.19. The lowest BCUT2D eigenvalue weighted by atomic mass is 9.97. The first-order valence-electron chi connectivity index (χ1n) is 11.3. The fourth-order valence-corrected chi connectivity index (χ4v) is 5.81. The van der Waals surface area contributed by atoms with E-state index in [9.17, 15) is 4.79 Å². The third-order valence-electron chi connectivity index (χ3n) is 6.37. The number of anilines is 1. The summed E-state index contributed by atoms with van der Waals surface area (Å²) in [7, 11) is 0. The van der Waals surface area contributed by atoms with Crippen molar-refractivity contribution in [2.24, 2.45) is 0 Å². The molecule has 2 aromatic rings. The topological polar surface area (TPSA) is 61.4 Å². The number of rotatable bonds is 6. The molecule has 1 aliphatic heterocycles. The first-order valence-corrected chi connectivity index (χ1v) is 12.1. The molecule has 1 amide bonds. The highest BCUT2D eigenvalue weighted by Crippen LogP contribution is 2.44. The minimum Gasteiger partial charge on any atom is -0.355 e. The standard InChI is InChI=1S/C22H31N5OS/c1-2-9-23-18(28)14-26-10-12-27(13-11-26)21-19-16-5-3-4-6-17(16)29-22(19)25-20(24-21)15-7-8-15/h15H,2-14H2,1H3,(H,23,28). The Kier molecular flexibility index (Phi) is 5.43. The summed E-state index contributed by atoms with van der Waals surface area (Å²) in [5, 5.41) is 4.33. The molecule has 7 heteroatoms. The summed E-state index contributed by atoms with van der Waals surface area (Å²) in [6, 6.07) is 0. The highest BCUT2D eigenvalue weighted by atomic mass is 32.1. The molecule has 1 saturated carbocycles. The number of piperazine rings is 1. The number of aromatic nitrogens is 2. The largest absolute Gasteiger partial charge is 0.355 e. The quantitative estimate of drug-likeness (QED) is 0.789. The molecule has 2 aliphatic carbocycles. The van der Waals surface area contributed by atoms with E-state index < -0.39 is 0 Å². The van der Waals surface area contributed by atoms with Gasteiger partial charge in [-0.2, -0.15) is 0 Å². The molecule has 0 aromatic carbocycles. The lowest BCUT2D eigenvalue weighted by Crippen LogP contribution is -2.50. The number of hydrogen-bond acceptors (Lipinski definition) is 6. The van der Waals surface area contributed by atoms with Crippen molar-refractivity contribution >= 4 is 33.3 Å². The molecule has 3 aliphatic rings. The third-order valence-corrected chi connectivity index (χ3v) is 7.55. The Labute approximate surface area is 176 Å². The molecule has 0 bridgehead atoms. The van der Waals surface area contributed by atoms with Crippen LogP contribution in [0.1, 0.15) is 61.2 Å². The summed E-state index contributed by atoms with van der Waals surface area (Å²) >= 11 is 1.91. The second-order valence-electron chi connectivity index (χ2n) is 8.68. The Morgan fingerprint density at radius 2 is 1.93 bits per heavy atom. The lowest BCUT2D eigenvalue weighted by molar-refractivity contribution is -0.122. The lowest BCUT2D eigenvalue weighted by Gasteiger charge is -2.35. The van der Waals surface area contributed by atoms with Gasteiger partial charge in [0.2, 0.25) is 5.91 Å². The van der Waals surface area contributed by atoms with E-state index in [1.165, 1.54) is 60.1 Å². The summed E-state index contributed by atoms with van der Waals surface area (Å²) in [6.45, 7) is 7.05. The number of carbonyl (C=O) groups is 1. The smallest absolute Gasteiger partial charge is 0.234 e. The van der Waals surface area contributed by atoms with Gasteiger partial charge in [-0.1, -0.05) is 6.92 Å². The van der Waals surface area contributed by atoms with Crippen LogP contribution in [0.5, 0.6) is 0 Å². The van der Waals surface area contributed by atoms with Crippen LogP contribution in [0.2, 0.25) is 0 Å². The summed E-state index contributed by atoms with van der Waals surface area (Å²) in [5.74, 6) is 2.95. The van der Waals surface area contributed by atoms with Crippen LogP contribution in [-0.4, -0.2) is 60.0 Å². The molecular formula is C22H31N5OS. The van der Waals surface area contributed by atoms with E-state index in [2.05, 4.69) is 22.0 Å². The molecule has 29 heavy (non-hydrogen) atoms. The van der Waals surface area contributed by atoms with Gasteiger partial charge in [-0.25, -0.2) is 9.97 Å². The molecule has 1 N–H and O–H groups in total. The van der Waals surface area contributed by atoms with Gasteiger partial charge in [0.05, 0.1) is 11.9 Å². The molecule has 2 fully saturated rings. The van der Waals surface area contributed by atoms with Crippen molar-refractivity contribution in [2.45, 2.75) is 57.8 Å². The van der Waals surface area contributed by atoms with Crippen LogP contribution in [0.15, 0.2) is 0 Å². The van der Waals surface area contributed by atoms with E-state index in [1.54, 1.807) is 4.88 Å². The zero-order chi connectivity index (χ0) is 19.8. The van der Waals surface area contributed by atoms with Crippen molar-refractivity contribution < 1.29 is 4.79 Å². The number of fused-ring (bicyclic) bond motifs is 3. The highest BCUT2D eigenvalue weighted by Gasteiger charge is 2.31. The summed E-state index contributed by atoms with van der Waals surface area (Å²) in [6.07, 6.45) is 8.41. The average molecular weight is 414 g/mol. The van der Waals surface area contributed by atoms with Gasteiger partial charge in [0.25, 0.3) is 0 Å². The van der Waals surface area contributed by atoms with E-state index in [-0.39, 0.29) is 5.91 Å². The van der Waals surface area contributed by atoms with Crippen molar-refractivity contribution in [2.75, 3.05) is 44.2 Å². The minimum absolute atomic E-state index is 0.146. The van der Waals surface area contributed by atoms with Gasteiger partial charge in [0.15, 0.2) is 0 Å². The first kappa shape index (κ1) is 19.2. The van der Waals surface area contributed by atoms with Crippen LogP contribution < -0.4 is 10.2 Å². The number of nitrogens with one attached hydrogen (secondary N) is 1. The Balaban J connectivity index is 1.37. The molecule has 5 rings (SSSR count). The average Bonchev–Trinajstić information content (AvgIpc) is 3.53. The summed E-state index contributed by atoms with van der Waals surface area (Å²) in [4.78, 5) is 29.7. The number of carbonyl (C=O) groups excluding carboxylic acids is 1. The predicted molar refractivity (Wildman–Crippen MR) is 118 cm³/mol. The molecule has 0 atom stereocenters. The molecule has 156 valence electrons. The number of thiophene rings is 1. The number of nitrogens with zero attached hydrogens (tertiary/aromatic N) is 4. The summed E-state index contributed by atoms with van der Waals surface area (Å²) in [5.41, 5.74) is 1.52. The molecule has 2 aromatic heterocycles. The summed E-state index contributed by atoms with van der Waals surface area (Å²) < 4.78 is 0. The fourth-order valence-electron chi connectivity index (χ4n) is 4.55. The molecule has 3 heterocycles. The monoisotopic (exact) mass is 413 g/mol. The van der Waals surface area contributed by atoms with E-state index >= 15 is 0 Å². The Morgan fingerprint density at radius 3 is 2.69 bits per heavy atom. The molecule has 6 nitrogen and oxygen atoms in total. The van der Waals surface area contributed by atoms with E-state index in [1.807, 2.05) is 11.3 Å². The predicted octanol–water partition coefficient (Wildman–Crippen LogP) is 3.10. The maximum Gasteiger partial charge on any atom is 0.234 e. The van der Waals surface area contributed by atoms with Crippen LogP contribution in [0.3, 0.4) is 0 Å². The van der Waals surface area contributed by atoms with Gasteiger partial charge in [0.1, 0.15) is 16.5 Å². The van der Waals surface area contributed by atoms with Crippen LogP contribution in [0.4, 0.5) is 5.82 Å². The van der Waals surface area contributed by atoms with Crippen LogP contribution in [-0.2, 0) is 17.6 Å². The second kappa shape index (κ2) is 8.19. The van der Waals surface area contributed by atoms with E-state index in [4.69, 9.17) is 9.97 Å². The number of amides is 1. The molecule has 0 radical (unpaired) electrons. The van der Waals surface area contributed by atoms with Crippen molar-refractivity contribution in [3.8, 4) is 0 Å². The second-order valence-corrected chi connectivity index (χ2v) is 9.77. The van der Waals surface area contributed by atoms with Gasteiger partial charge in [-0.05, 0) is 50.5 Å². The number of aryl methyl sites for hydroxylation is 2. The van der Waals surface area contributed by atoms with Crippen molar-refractivity contribution in [1.82, 2.24) is 20.2 Å².